The minimum Gasteiger partial charge on any atom is -0.481 e. The zero-order chi connectivity index (χ0) is 10.7. The highest BCUT2D eigenvalue weighted by Crippen LogP contribution is 1.98. The molecule has 0 saturated carbocycles. The Bertz CT molecular complexity index is 113. The molecule has 0 atom stereocenters. The van der Waals surface area contributed by atoms with E-state index in [0.717, 1.165) is 6.92 Å². The molecule has 5 N–H and O–H groups in total. The summed E-state index contributed by atoms with van der Waals surface area (Å²) in [6.07, 6.45) is 0. The molecule has 0 radical (unpaired) electrons. The quantitative estimate of drug-likeness (QED) is 0.322. The van der Waals surface area contributed by atoms with E-state index in [0.29, 0.717) is 0 Å². The minimum atomic E-state index is -3.13. The molecule has 0 amide bonds. The van der Waals surface area contributed by atoms with Gasteiger partial charge in [-0.1, -0.05) is 0 Å². The van der Waals surface area contributed by atoms with Crippen LogP contribution in [0.1, 0.15) is 6.92 Å². The van der Waals surface area contributed by atoms with Crippen molar-refractivity contribution in [1.82, 2.24) is 0 Å². The van der Waals surface area contributed by atoms with Gasteiger partial charge < -0.3 is 24.7 Å². The Morgan fingerprint density at radius 2 is 1.00 bits per heavy atom. The van der Waals surface area contributed by atoms with Crippen LogP contribution in [0.15, 0.2) is 0 Å². The van der Waals surface area contributed by atoms with Crippen molar-refractivity contribution in [3.05, 3.63) is 0 Å². The third-order valence-electron chi connectivity index (χ3n) is 0. The fraction of sp³-hybridized carbons (Fsp3) is 0.500. The number of aliphatic carboxylic acids is 1. The summed E-state index contributed by atoms with van der Waals surface area (Å²) in [6, 6.07) is 0. The van der Waals surface area contributed by atoms with E-state index >= 15 is 0 Å². The molecule has 12 heavy (non-hydrogen) atoms. The number of carbonyl (C=O) groups is 1. The van der Waals surface area contributed by atoms with Crippen LogP contribution in [-0.4, -0.2) is 30.6 Å². The largest absolute Gasteiger partial charge is 0.481 e. The van der Waals surface area contributed by atoms with E-state index in [4.69, 9.17) is 38.6 Å². The molecule has 0 saturated heterocycles. The van der Waals surface area contributed by atoms with Gasteiger partial charge in [-0.2, -0.15) is 0 Å². The van der Waals surface area contributed by atoms with Gasteiger partial charge in [0.25, 0.3) is 5.97 Å². The van der Waals surface area contributed by atoms with Crippen molar-refractivity contribution in [3.8, 4) is 0 Å². The zero-order valence-electron chi connectivity index (χ0n) is 5.96. The first-order valence-corrected chi connectivity index (χ1v) is 4.84. The Balaban J connectivity index is -0.000000101. The standard InChI is InChI=1S/C2H4O2.2H3O3P/c1-2(3)4;2*1-4(2)3/h1H3,(H,3,4);2*4H,(H2,1,2,3). The number of hydrogen-bond donors (Lipinski definition) is 5. The lowest BCUT2D eigenvalue weighted by atomic mass is 10.9. The van der Waals surface area contributed by atoms with Gasteiger partial charge in [-0.05, 0) is 0 Å². The fourth-order valence-electron chi connectivity index (χ4n) is 0. The summed E-state index contributed by atoms with van der Waals surface area (Å²) in [5.41, 5.74) is 0. The van der Waals surface area contributed by atoms with E-state index in [1.165, 1.54) is 0 Å². The average molecular weight is 224 g/mol. The summed E-state index contributed by atoms with van der Waals surface area (Å²) in [6.45, 7) is 1.08. The monoisotopic (exact) mass is 224 g/mol. The molecule has 0 fully saturated rings. The number of hydrogen-bond acceptors (Lipinski definition) is 3. The van der Waals surface area contributed by atoms with Crippen molar-refractivity contribution in [2.24, 2.45) is 0 Å². The highest BCUT2D eigenvalue weighted by molar-refractivity contribution is 7.31. The summed E-state index contributed by atoms with van der Waals surface area (Å²) in [7, 11) is -6.26. The van der Waals surface area contributed by atoms with Crippen molar-refractivity contribution >= 4 is 22.5 Å². The predicted octanol–water partition coefficient (Wildman–Crippen LogP) is -1.19. The van der Waals surface area contributed by atoms with E-state index in [9.17, 15) is 0 Å². The van der Waals surface area contributed by atoms with E-state index < -0.39 is 22.5 Å². The molecule has 10 heteroatoms. The molecule has 0 aromatic rings. The maximum absolute atomic E-state index is 9.00. The highest BCUT2D eigenvalue weighted by Gasteiger charge is 1.65. The van der Waals surface area contributed by atoms with Gasteiger partial charge in [-0.25, -0.2) is 0 Å². The molecule has 0 aromatic carbocycles. The first-order chi connectivity index (χ1) is 5.20. The molecule has 0 unspecified atom stereocenters. The van der Waals surface area contributed by atoms with Crippen molar-refractivity contribution in [2.75, 3.05) is 0 Å². The summed E-state index contributed by atoms with van der Waals surface area (Å²) >= 11 is 0. The molecule has 0 aliphatic heterocycles. The maximum Gasteiger partial charge on any atom is 0.314 e. The molecule has 0 aromatic heterocycles. The van der Waals surface area contributed by atoms with Gasteiger partial charge in [-0.3, -0.25) is 13.9 Å². The molecule has 0 rings (SSSR count). The van der Waals surface area contributed by atoms with E-state index in [-0.39, 0.29) is 0 Å². The van der Waals surface area contributed by atoms with E-state index in [2.05, 4.69) is 0 Å². The lowest BCUT2D eigenvalue weighted by Gasteiger charge is -1.61. The summed E-state index contributed by atoms with van der Waals surface area (Å²) in [5.74, 6) is -0.833. The molecule has 0 heterocycles. The molecule has 0 aliphatic carbocycles. The van der Waals surface area contributed by atoms with Crippen molar-refractivity contribution < 1.29 is 38.6 Å². The van der Waals surface area contributed by atoms with Crippen LogP contribution >= 0.6 is 16.5 Å². The smallest absolute Gasteiger partial charge is 0.314 e. The van der Waals surface area contributed by atoms with Gasteiger partial charge >= 0.3 is 16.5 Å². The SMILES string of the molecule is CC(=O)O.O=[PH](O)O.O=[PH](O)O. The van der Waals surface area contributed by atoms with Crippen molar-refractivity contribution in [1.29, 1.82) is 0 Å². The number of carboxylic acid groups (broad SMARTS) is 1. The molecule has 0 aliphatic rings. The zero-order valence-corrected chi connectivity index (χ0v) is 7.96. The number of carboxylic acids is 1. The van der Waals surface area contributed by atoms with Crippen LogP contribution in [0.4, 0.5) is 0 Å². The predicted molar refractivity (Wildman–Crippen MR) is 40.2 cm³/mol. The Hall–Kier alpha value is -0.230. The molecule has 0 bridgehead atoms. The molecule has 8 nitrogen and oxygen atoms in total. The van der Waals surface area contributed by atoms with E-state index in [1.807, 2.05) is 0 Å². The third-order valence-corrected chi connectivity index (χ3v) is 0. The summed E-state index contributed by atoms with van der Waals surface area (Å²) in [4.78, 5) is 37.6. The highest BCUT2D eigenvalue weighted by atomic mass is 31.1. The van der Waals surface area contributed by atoms with Crippen LogP contribution in [-0.2, 0) is 13.9 Å². The Labute approximate surface area is 69.0 Å². The normalized spacial score (nSPS) is 7.92. The second-order valence-electron chi connectivity index (χ2n) is 1.08. The molecular formula is C2H10O8P2. The Morgan fingerprint density at radius 3 is 1.00 bits per heavy atom. The lowest BCUT2D eigenvalue weighted by Crippen LogP contribution is -1.78. The van der Waals surface area contributed by atoms with Gasteiger partial charge in [0, 0.05) is 6.92 Å². The van der Waals surface area contributed by atoms with Gasteiger partial charge in [0.05, 0.1) is 0 Å². The maximum atomic E-state index is 9.00. The van der Waals surface area contributed by atoms with Crippen molar-refractivity contribution in [3.63, 3.8) is 0 Å². The van der Waals surface area contributed by atoms with Crippen LogP contribution in [0.2, 0.25) is 0 Å². The number of rotatable bonds is 0. The van der Waals surface area contributed by atoms with Crippen molar-refractivity contribution in [2.45, 2.75) is 6.92 Å². The first kappa shape index (κ1) is 17.8. The molecule has 76 valence electrons. The van der Waals surface area contributed by atoms with Gasteiger partial charge in [-0.15, -0.1) is 0 Å². The lowest BCUT2D eigenvalue weighted by molar-refractivity contribution is -0.134. The Morgan fingerprint density at radius 1 is 1.00 bits per heavy atom. The summed E-state index contributed by atoms with van der Waals surface area (Å²) < 4.78 is 17.5. The third kappa shape index (κ3) is 14200. The van der Waals surface area contributed by atoms with Gasteiger partial charge in [0.2, 0.25) is 0 Å². The van der Waals surface area contributed by atoms with Crippen LogP contribution in [0.3, 0.4) is 0 Å². The van der Waals surface area contributed by atoms with Gasteiger partial charge in [0.15, 0.2) is 0 Å². The topological polar surface area (TPSA) is 152 Å². The van der Waals surface area contributed by atoms with E-state index in [1.54, 1.807) is 0 Å². The second-order valence-corrected chi connectivity index (χ2v) is 2.21. The van der Waals surface area contributed by atoms with Crippen LogP contribution in [0, 0.1) is 0 Å². The van der Waals surface area contributed by atoms with Crippen LogP contribution < -0.4 is 0 Å². The minimum absolute atomic E-state index is 0.833. The first-order valence-electron chi connectivity index (χ1n) is 2.23. The molecular weight excluding hydrogens is 214 g/mol. The van der Waals surface area contributed by atoms with Crippen LogP contribution in [0.5, 0.6) is 0 Å². The average Bonchev–Trinajstić information content (AvgIpc) is 1.54. The second kappa shape index (κ2) is 13.4. The summed E-state index contributed by atoms with van der Waals surface area (Å²) in [5, 5.41) is 7.42. The molecule has 0 spiro atoms. The van der Waals surface area contributed by atoms with Gasteiger partial charge in [0.1, 0.15) is 0 Å². The van der Waals surface area contributed by atoms with Crippen LogP contribution in [0.25, 0.3) is 0 Å². The fourth-order valence-corrected chi connectivity index (χ4v) is 0. The Kier molecular flexibility index (Phi) is 19.8.